The van der Waals surface area contributed by atoms with Gasteiger partial charge in [-0.1, -0.05) is 12.8 Å². The molecule has 18 heavy (non-hydrogen) atoms. The molecule has 5 rings (SSSR count). The van der Waals surface area contributed by atoms with Crippen molar-refractivity contribution in [3.8, 4) is 0 Å². The molecule has 5 aliphatic carbocycles. The van der Waals surface area contributed by atoms with Crippen LogP contribution in [0.4, 0.5) is 0 Å². The van der Waals surface area contributed by atoms with Crippen molar-refractivity contribution in [3.05, 3.63) is 0 Å². The Labute approximate surface area is 111 Å². The van der Waals surface area contributed by atoms with E-state index in [2.05, 4.69) is 5.32 Å². The van der Waals surface area contributed by atoms with Crippen LogP contribution in [-0.2, 0) is 0 Å². The Balaban J connectivity index is 1.50. The molecule has 0 saturated heterocycles. The van der Waals surface area contributed by atoms with Gasteiger partial charge in [0.05, 0.1) is 6.10 Å². The van der Waals surface area contributed by atoms with E-state index in [0.29, 0.717) is 11.6 Å². The van der Waals surface area contributed by atoms with Gasteiger partial charge in [-0.25, -0.2) is 0 Å². The lowest BCUT2D eigenvalue weighted by Gasteiger charge is -2.58. The van der Waals surface area contributed by atoms with Crippen LogP contribution in [0.5, 0.6) is 0 Å². The molecule has 4 bridgehead atoms. The van der Waals surface area contributed by atoms with E-state index in [1.165, 1.54) is 57.8 Å². The van der Waals surface area contributed by atoms with Gasteiger partial charge in [0, 0.05) is 11.6 Å². The molecule has 0 amide bonds. The van der Waals surface area contributed by atoms with Gasteiger partial charge in [-0.15, -0.1) is 0 Å². The van der Waals surface area contributed by atoms with Gasteiger partial charge in [0.2, 0.25) is 0 Å². The second-order valence-corrected chi connectivity index (χ2v) is 7.80. The fraction of sp³-hybridized carbons (Fsp3) is 1.00. The molecule has 2 heteroatoms. The topological polar surface area (TPSA) is 32.3 Å². The van der Waals surface area contributed by atoms with Gasteiger partial charge >= 0.3 is 0 Å². The van der Waals surface area contributed by atoms with Gasteiger partial charge in [0.25, 0.3) is 0 Å². The molecule has 5 fully saturated rings. The Morgan fingerprint density at radius 3 is 1.94 bits per heavy atom. The Morgan fingerprint density at radius 2 is 1.39 bits per heavy atom. The number of hydrogen-bond donors (Lipinski definition) is 2. The smallest absolute Gasteiger partial charge is 0.0693 e. The second kappa shape index (κ2) is 4.21. The second-order valence-electron chi connectivity index (χ2n) is 7.80. The summed E-state index contributed by atoms with van der Waals surface area (Å²) in [5.74, 6) is 3.01. The Morgan fingerprint density at radius 1 is 0.833 bits per heavy atom. The highest BCUT2D eigenvalue weighted by molar-refractivity contribution is 5.07. The SMILES string of the molecule is OC1CCCCC1NC12CC3CC(CC(C3)C1)C2. The van der Waals surface area contributed by atoms with Crippen molar-refractivity contribution in [1.29, 1.82) is 0 Å². The first-order valence-corrected chi connectivity index (χ1v) is 8.18. The molecule has 5 saturated carbocycles. The van der Waals surface area contributed by atoms with Crippen LogP contribution in [0.25, 0.3) is 0 Å². The van der Waals surface area contributed by atoms with Crippen LogP contribution in [0.15, 0.2) is 0 Å². The third-order valence-corrected chi connectivity index (χ3v) is 6.26. The maximum absolute atomic E-state index is 10.2. The van der Waals surface area contributed by atoms with Crippen LogP contribution in [0, 0.1) is 17.8 Å². The molecule has 102 valence electrons. The molecule has 2 nitrogen and oxygen atoms in total. The molecule has 0 aromatic heterocycles. The van der Waals surface area contributed by atoms with Crippen molar-refractivity contribution in [1.82, 2.24) is 5.32 Å². The average Bonchev–Trinajstić information content (AvgIpc) is 2.30. The molecule has 5 aliphatic rings. The van der Waals surface area contributed by atoms with Crippen LogP contribution in [-0.4, -0.2) is 22.8 Å². The fourth-order valence-corrected chi connectivity index (χ4v) is 5.96. The number of rotatable bonds is 2. The van der Waals surface area contributed by atoms with Crippen molar-refractivity contribution in [2.24, 2.45) is 17.8 Å². The fourth-order valence-electron chi connectivity index (χ4n) is 5.96. The highest BCUT2D eigenvalue weighted by Gasteiger charge is 2.51. The Hall–Kier alpha value is -0.0800. The van der Waals surface area contributed by atoms with E-state index in [-0.39, 0.29) is 6.10 Å². The molecule has 0 radical (unpaired) electrons. The molecule has 2 unspecified atom stereocenters. The summed E-state index contributed by atoms with van der Waals surface area (Å²) in [4.78, 5) is 0. The summed E-state index contributed by atoms with van der Waals surface area (Å²) in [5, 5.41) is 14.2. The van der Waals surface area contributed by atoms with Gasteiger partial charge in [-0.05, 0) is 69.1 Å². The number of nitrogens with one attached hydrogen (secondary N) is 1. The van der Waals surface area contributed by atoms with Crippen LogP contribution in [0.2, 0.25) is 0 Å². The summed E-state index contributed by atoms with van der Waals surface area (Å²) in [7, 11) is 0. The van der Waals surface area contributed by atoms with E-state index in [0.717, 1.165) is 24.2 Å². The number of hydrogen-bond acceptors (Lipinski definition) is 2. The van der Waals surface area contributed by atoms with Gasteiger partial charge in [0.1, 0.15) is 0 Å². The minimum absolute atomic E-state index is 0.0771. The average molecular weight is 249 g/mol. The van der Waals surface area contributed by atoms with Gasteiger partial charge in [-0.2, -0.15) is 0 Å². The molecule has 0 aromatic rings. The zero-order valence-electron chi connectivity index (χ0n) is 11.4. The van der Waals surface area contributed by atoms with Gasteiger partial charge in [-0.3, -0.25) is 0 Å². The van der Waals surface area contributed by atoms with Gasteiger partial charge < -0.3 is 10.4 Å². The molecule has 2 N–H and O–H groups in total. The predicted molar refractivity (Wildman–Crippen MR) is 72.3 cm³/mol. The first-order valence-electron chi connectivity index (χ1n) is 8.18. The first-order chi connectivity index (χ1) is 8.72. The van der Waals surface area contributed by atoms with Crippen molar-refractivity contribution in [2.45, 2.75) is 81.9 Å². The zero-order chi connectivity index (χ0) is 12.2. The molecule has 0 aromatic carbocycles. The molecule has 2 atom stereocenters. The summed E-state index contributed by atoms with van der Waals surface area (Å²) in [6.07, 6.45) is 13.4. The highest BCUT2D eigenvalue weighted by Crippen LogP contribution is 2.55. The monoisotopic (exact) mass is 249 g/mol. The summed E-state index contributed by atoms with van der Waals surface area (Å²) < 4.78 is 0. The van der Waals surface area contributed by atoms with Crippen LogP contribution in [0.1, 0.15) is 64.2 Å². The minimum atomic E-state index is -0.0771. The summed E-state index contributed by atoms with van der Waals surface area (Å²) >= 11 is 0. The van der Waals surface area contributed by atoms with Crippen molar-refractivity contribution in [2.75, 3.05) is 0 Å². The Bertz CT molecular complexity index is 292. The molecular formula is C16H27NO. The molecule has 0 spiro atoms. The predicted octanol–water partition coefficient (Wildman–Crippen LogP) is 2.85. The summed E-state index contributed by atoms with van der Waals surface area (Å²) in [6.45, 7) is 0. The van der Waals surface area contributed by atoms with Crippen molar-refractivity contribution < 1.29 is 5.11 Å². The minimum Gasteiger partial charge on any atom is -0.392 e. The lowest BCUT2D eigenvalue weighted by atomic mass is 9.53. The molecular weight excluding hydrogens is 222 g/mol. The summed E-state index contributed by atoms with van der Waals surface area (Å²) in [5.41, 5.74) is 0.428. The van der Waals surface area contributed by atoms with E-state index < -0.39 is 0 Å². The van der Waals surface area contributed by atoms with Gasteiger partial charge in [0.15, 0.2) is 0 Å². The van der Waals surface area contributed by atoms with Crippen LogP contribution in [0.3, 0.4) is 0 Å². The third-order valence-electron chi connectivity index (χ3n) is 6.26. The maximum Gasteiger partial charge on any atom is 0.0693 e. The van der Waals surface area contributed by atoms with E-state index >= 15 is 0 Å². The van der Waals surface area contributed by atoms with Crippen molar-refractivity contribution in [3.63, 3.8) is 0 Å². The number of aliphatic hydroxyl groups is 1. The quantitative estimate of drug-likeness (QED) is 0.789. The Kier molecular flexibility index (Phi) is 2.74. The van der Waals surface area contributed by atoms with E-state index in [1.807, 2.05) is 0 Å². The van der Waals surface area contributed by atoms with Crippen molar-refractivity contribution >= 4 is 0 Å². The van der Waals surface area contributed by atoms with Crippen LogP contribution >= 0.6 is 0 Å². The standard InChI is InChI=1S/C16H27NO/c18-15-4-2-1-3-14(15)17-16-8-11-5-12(9-16)7-13(6-11)10-16/h11-15,17-18H,1-10H2. The first kappa shape index (κ1) is 11.7. The lowest BCUT2D eigenvalue weighted by Crippen LogP contribution is -2.62. The van der Waals surface area contributed by atoms with E-state index in [1.54, 1.807) is 0 Å². The largest absolute Gasteiger partial charge is 0.392 e. The molecule has 0 heterocycles. The number of aliphatic hydroxyl groups excluding tert-OH is 1. The maximum atomic E-state index is 10.2. The molecule has 0 aliphatic heterocycles. The van der Waals surface area contributed by atoms with E-state index in [4.69, 9.17) is 0 Å². The normalized spacial score (nSPS) is 54.8. The lowest BCUT2D eigenvalue weighted by molar-refractivity contribution is -0.0400. The van der Waals surface area contributed by atoms with E-state index in [9.17, 15) is 5.11 Å². The summed E-state index contributed by atoms with van der Waals surface area (Å²) in [6, 6.07) is 0.398. The zero-order valence-corrected chi connectivity index (χ0v) is 11.4. The highest BCUT2D eigenvalue weighted by atomic mass is 16.3. The third kappa shape index (κ3) is 1.92. The van der Waals surface area contributed by atoms with Crippen LogP contribution < -0.4 is 5.32 Å².